The summed E-state index contributed by atoms with van der Waals surface area (Å²) < 4.78 is 0. The maximum Gasteiger partial charge on any atom is 0.304 e. The summed E-state index contributed by atoms with van der Waals surface area (Å²) in [5.74, 6) is -2.05. The van der Waals surface area contributed by atoms with Crippen LogP contribution in [-0.4, -0.2) is 34.3 Å². The van der Waals surface area contributed by atoms with E-state index in [-0.39, 0.29) is 24.7 Å². The molecule has 1 aliphatic heterocycles. The van der Waals surface area contributed by atoms with Crippen LogP contribution in [0, 0.1) is 5.92 Å². The van der Waals surface area contributed by atoms with E-state index < -0.39 is 11.9 Å². The Balaban J connectivity index is 2.68. The lowest BCUT2D eigenvalue weighted by molar-refractivity contribution is -0.154. The van der Waals surface area contributed by atoms with Crippen molar-refractivity contribution in [3.8, 4) is 0 Å². The average molecular weight is 199 g/mol. The first-order valence-electron chi connectivity index (χ1n) is 4.62. The van der Waals surface area contributed by atoms with Crippen molar-refractivity contribution in [3.05, 3.63) is 0 Å². The Hall–Kier alpha value is -1.39. The fourth-order valence-electron chi connectivity index (χ4n) is 1.63. The van der Waals surface area contributed by atoms with Gasteiger partial charge >= 0.3 is 5.97 Å². The van der Waals surface area contributed by atoms with Gasteiger partial charge in [0.05, 0.1) is 6.42 Å². The third-order valence-electron chi connectivity index (χ3n) is 2.36. The van der Waals surface area contributed by atoms with Gasteiger partial charge in [-0.05, 0) is 13.3 Å². The van der Waals surface area contributed by atoms with Crippen molar-refractivity contribution in [1.82, 2.24) is 4.90 Å². The Morgan fingerprint density at radius 2 is 2.21 bits per heavy atom. The number of hydrogen-bond acceptors (Lipinski definition) is 3. The predicted molar refractivity (Wildman–Crippen MR) is 47.4 cm³/mol. The molecule has 0 aliphatic carbocycles. The normalized spacial score (nSPS) is 22.6. The van der Waals surface area contributed by atoms with Crippen LogP contribution in [0.1, 0.15) is 26.2 Å². The third kappa shape index (κ3) is 2.10. The summed E-state index contributed by atoms with van der Waals surface area (Å²) in [5.41, 5.74) is 0. The van der Waals surface area contributed by atoms with Crippen molar-refractivity contribution in [1.29, 1.82) is 0 Å². The molecule has 1 fully saturated rings. The maximum atomic E-state index is 11.5. The molecule has 0 aromatic rings. The number of piperidine rings is 1. The van der Waals surface area contributed by atoms with E-state index in [0.29, 0.717) is 13.0 Å². The van der Waals surface area contributed by atoms with Crippen molar-refractivity contribution in [2.24, 2.45) is 5.92 Å². The lowest BCUT2D eigenvalue weighted by atomic mass is 9.93. The third-order valence-corrected chi connectivity index (χ3v) is 2.36. The number of carbonyl (C=O) groups excluding carboxylic acids is 2. The van der Waals surface area contributed by atoms with Gasteiger partial charge in [0.25, 0.3) is 0 Å². The average Bonchev–Trinajstić information content (AvgIpc) is 2.10. The topological polar surface area (TPSA) is 74.7 Å². The Bertz CT molecular complexity index is 274. The molecule has 14 heavy (non-hydrogen) atoms. The summed E-state index contributed by atoms with van der Waals surface area (Å²) >= 11 is 0. The van der Waals surface area contributed by atoms with Gasteiger partial charge in [-0.25, -0.2) is 0 Å². The van der Waals surface area contributed by atoms with E-state index in [1.54, 1.807) is 6.92 Å². The smallest absolute Gasteiger partial charge is 0.304 e. The van der Waals surface area contributed by atoms with Crippen LogP contribution in [-0.2, 0) is 14.4 Å². The zero-order valence-corrected chi connectivity index (χ0v) is 8.02. The highest BCUT2D eigenvalue weighted by atomic mass is 16.4. The number of amides is 2. The zero-order chi connectivity index (χ0) is 10.7. The zero-order valence-electron chi connectivity index (χ0n) is 8.02. The van der Waals surface area contributed by atoms with Crippen LogP contribution < -0.4 is 0 Å². The molecule has 0 saturated carbocycles. The number of carbonyl (C=O) groups is 3. The molecule has 1 heterocycles. The van der Waals surface area contributed by atoms with Crippen LogP contribution in [0.25, 0.3) is 0 Å². The van der Waals surface area contributed by atoms with Gasteiger partial charge in [-0.1, -0.05) is 0 Å². The van der Waals surface area contributed by atoms with E-state index >= 15 is 0 Å². The maximum absolute atomic E-state index is 11.5. The Kier molecular flexibility index (Phi) is 3.22. The molecule has 1 atom stereocenters. The summed E-state index contributed by atoms with van der Waals surface area (Å²) in [6.45, 7) is 2.03. The van der Waals surface area contributed by atoms with Crippen molar-refractivity contribution < 1.29 is 19.5 Å². The van der Waals surface area contributed by atoms with Crippen molar-refractivity contribution in [2.75, 3.05) is 6.54 Å². The fourth-order valence-corrected chi connectivity index (χ4v) is 1.63. The molecule has 78 valence electrons. The van der Waals surface area contributed by atoms with Crippen LogP contribution in [0.15, 0.2) is 0 Å². The quantitative estimate of drug-likeness (QED) is 0.661. The van der Waals surface area contributed by atoms with Gasteiger partial charge in [-0.3, -0.25) is 19.3 Å². The number of aliphatic carboxylic acids is 1. The molecule has 0 bridgehead atoms. The molecule has 0 aromatic carbocycles. The largest absolute Gasteiger partial charge is 0.481 e. The molecule has 1 aliphatic rings. The fraction of sp³-hybridized carbons (Fsp3) is 0.667. The number of nitrogens with zero attached hydrogens (tertiary/aromatic N) is 1. The minimum absolute atomic E-state index is 0.178. The molecule has 1 saturated heterocycles. The molecule has 0 spiro atoms. The second-order valence-electron chi connectivity index (χ2n) is 3.31. The van der Waals surface area contributed by atoms with E-state index in [0.717, 1.165) is 4.90 Å². The Morgan fingerprint density at radius 3 is 2.71 bits per heavy atom. The first-order chi connectivity index (χ1) is 6.56. The SMILES string of the molecule is CCN1C(=O)CCC(CC(=O)O)C1=O. The van der Waals surface area contributed by atoms with Crippen LogP contribution in [0.2, 0.25) is 0 Å². The second kappa shape index (κ2) is 4.21. The standard InChI is InChI=1S/C9H13NO4/c1-2-10-7(11)4-3-6(9(10)14)5-8(12)13/h6H,2-5H2,1H3,(H,12,13). The summed E-state index contributed by atoms with van der Waals surface area (Å²) in [7, 11) is 0. The molecular formula is C9H13NO4. The van der Waals surface area contributed by atoms with Crippen LogP contribution in [0.4, 0.5) is 0 Å². The molecule has 5 nitrogen and oxygen atoms in total. The number of hydrogen-bond donors (Lipinski definition) is 1. The van der Waals surface area contributed by atoms with Gasteiger partial charge < -0.3 is 5.11 Å². The minimum atomic E-state index is -0.992. The second-order valence-corrected chi connectivity index (χ2v) is 3.31. The number of carboxylic acid groups (broad SMARTS) is 1. The van der Waals surface area contributed by atoms with Gasteiger partial charge in [-0.15, -0.1) is 0 Å². The summed E-state index contributed by atoms with van der Waals surface area (Å²) in [5, 5.41) is 8.55. The lowest BCUT2D eigenvalue weighted by Crippen LogP contribution is -2.45. The molecular weight excluding hydrogens is 186 g/mol. The van der Waals surface area contributed by atoms with E-state index in [9.17, 15) is 14.4 Å². The molecule has 1 unspecified atom stereocenters. The van der Waals surface area contributed by atoms with Crippen LogP contribution in [0.5, 0.6) is 0 Å². The molecule has 1 rings (SSSR count). The lowest BCUT2D eigenvalue weighted by Gasteiger charge is -2.28. The Labute approximate surface area is 81.7 Å². The van der Waals surface area contributed by atoms with E-state index in [4.69, 9.17) is 5.11 Å². The molecule has 1 N–H and O–H groups in total. The predicted octanol–water partition coefficient (Wildman–Crippen LogP) is 0.246. The highest BCUT2D eigenvalue weighted by Gasteiger charge is 2.34. The van der Waals surface area contributed by atoms with Gasteiger partial charge in [0.2, 0.25) is 11.8 Å². The van der Waals surface area contributed by atoms with Gasteiger partial charge in [0, 0.05) is 18.9 Å². The summed E-state index contributed by atoms with van der Waals surface area (Å²) in [6, 6.07) is 0. The first kappa shape index (κ1) is 10.7. The first-order valence-corrected chi connectivity index (χ1v) is 4.62. The van der Waals surface area contributed by atoms with E-state index in [2.05, 4.69) is 0 Å². The van der Waals surface area contributed by atoms with Crippen molar-refractivity contribution in [2.45, 2.75) is 26.2 Å². The highest BCUT2D eigenvalue weighted by molar-refractivity contribution is 5.99. The molecule has 2 amide bonds. The monoisotopic (exact) mass is 199 g/mol. The van der Waals surface area contributed by atoms with Gasteiger partial charge in [0.1, 0.15) is 0 Å². The van der Waals surface area contributed by atoms with Gasteiger partial charge in [0.15, 0.2) is 0 Å². The van der Waals surface area contributed by atoms with Crippen LogP contribution >= 0.6 is 0 Å². The molecule has 5 heteroatoms. The van der Waals surface area contributed by atoms with E-state index in [1.807, 2.05) is 0 Å². The Morgan fingerprint density at radius 1 is 1.57 bits per heavy atom. The number of imide groups is 1. The van der Waals surface area contributed by atoms with Crippen LogP contribution in [0.3, 0.4) is 0 Å². The van der Waals surface area contributed by atoms with E-state index in [1.165, 1.54) is 0 Å². The number of likely N-dealkylation sites (tertiary alicyclic amines) is 1. The molecule has 0 aromatic heterocycles. The minimum Gasteiger partial charge on any atom is -0.481 e. The van der Waals surface area contributed by atoms with Crippen molar-refractivity contribution in [3.63, 3.8) is 0 Å². The summed E-state index contributed by atoms with van der Waals surface area (Å²) in [6.07, 6.45) is 0.459. The summed E-state index contributed by atoms with van der Waals surface area (Å²) in [4.78, 5) is 34.3. The molecule has 0 radical (unpaired) electrons. The highest BCUT2D eigenvalue weighted by Crippen LogP contribution is 2.21. The number of carboxylic acids is 1. The number of rotatable bonds is 3. The van der Waals surface area contributed by atoms with Gasteiger partial charge in [-0.2, -0.15) is 0 Å². The van der Waals surface area contributed by atoms with Crippen molar-refractivity contribution >= 4 is 17.8 Å².